The van der Waals surface area contributed by atoms with Crippen molar-refractivity contribution in [1.29, 1.82) is 0 Å². The van der Waals surface area contributed by atoms with E-state index in [9.17, 15) is 8.42 Å². The van der Waals surface area contributed by atoms with Crippen LogP contribution >= 0.6 is 11.6 Å². The first-order chi connectivity index (χ1) is 6.48. The van der Waals surface area contributed by atoms with Gasteiger partial charge in [-0.1, -0.05) is 18.5 Å². The van der Waals surface area contributed by atoms with E-state index in [0.717, 1.165) is 5.56 Å². The molecule has 14 heavy (non-hydrogen) atoms. The molecule has 1 aromatic rings. The van der Waals surface area contributed by atoms with Gasteiger partial charge in [0.25, 0.3) is 0 Å². The lowest BCUT2D eigenvalue weighted by molar-refractivity contribution is 0.463. The molecule has 0 saturated carbocycles. The van der Waals surface area contributed by atoms with Gasteiger partial charge in [-0.25, -0.2) is 0 Å². The molecule has 1 aliphatic rings. The molecule has 0 spiro atoms. The van der Waals surface area contributed by atoms with Gasteiger partial charge < -0.3 is 4.18 Å². The van der Waals surface area contributed by atoms with Gasteiger partial charge in [0.05, 0.1) is 5.75 Å². The zero-order valence-corrected chi connectivity index (χ0v) is 9.10. The van der Waals surface area contributed by atoms with Crippen LogP contribution in [0.15, 0.2) is 18.2 Å². The molecule has 2 rings (SSSR count). The van der Waals surface area contributed by atoms with Crippen LogP contribution in [-0.4, -0.2) is 14.2 Å². The summed E-state index contributed by atoms with van der Waals surface area (Å²) in [7, 11) is -3.40. The zero-order valence-electron chi connectivity index (χ0n) is 7.53. The van der Waals surface area contributed by atoms with E-state index in [1.165, 1.54) is 0 Å². The monoisotopic (exact) mass is 232 g/mol. The van der Waals surface area contributed by atoms with Crippen molar-refractivity contribution >= 4 is 21.7 Å². The number of hydrogen-bond acceptors (Lipinski definition) is 3. The largest absolute Gasteiger partial charge is 0.382 e. The second kappa shape index (κ2) is 3.14. The van der Waals surface area contributed by atoms with Gasteiger partial charge in [0.1, 0.15) is 5.75 Å². The molecule has 1 heterocycles. The molecule has 1 aromatic carbocycles. The van der Waals surface area contributed by atoms with Crippen LogP contribution < -0.4 is 4.18 Å². The fourth-order valence-electron chi connectivity index (χ4n) is 1.55. The van der Waals surface area contributed by atoms with E-state index in [1.54, 1.807) is 18.2 Å². The maximum absolute atomic E-state index is 11.3. The van der Waals surface area contributed by atoms with Crippen molar-refractivity contribution in [3.8, 4) is 5.75 Å². The summed E-state index contributed by atoms with van der Waals surface area (Å²) in [4.78, 5) is 0. The molecule has 76 valence electrons. The number of hydrogen-bond donors (Lipinski definition) is 0. The minimum atomic E-state index is -3.40. The van der Waals surface area contributed by atoms with E-state index in [1.807, 2.05) is 6.92 Å². The van der Waals surface area contributed by atoms with Crippen molar-refractivity contribution in [2.24, 2.45) is 0 Å². The third-order valence-electron chi connectivity index (χ3n) is 2.17. The molecule has 0 amide bonds. The highest BCUT2D eigenvalue weighted by atomic mass is 35.5. The first-order valence-corrected chi connectivity index (χ1v) is 6.15. The summed E-state index contributed by atoms with van der Waals surface area (Å²) in [5.74, 6) is 0.343. The highest BCUT2D eigenvalue weighted by Gasteiger charge is 2.28. The van der Waals surface area contributed by atoms with Crippen LogP contribution in [0.4, 0.5) is 0 Å². The molecule has 5 heteroatoms. The Balaban J connectivity index is 2.56. The van der Waals surface area contributed by atoms with Gasteiger partial charge in [0.2, 0.25) is 0 Å². The zero-order chi connectivity index (χ0) is 10.3. The number of rotatable bonds is 0. The van der Waals surface area contributed by atoms with Crippen LogP contribution in [0.25, 0.3) is 0 Å². The summed E-state index contributed by atoms with van der Waals surface area (Å²) in [6.45, 7) is 1.84. The van der Waals surface area contributed by atoms with Gasteiger partial charge >= 0.3 is 10.1 Å². The van der Waals surface area contributed by atoms with Crippen molar-refractivity contribution in [2.75, 3.05) is 5.75 Å². The van der Waals surface area contributed by atoms with Crippen molar-refractivity contribution in [2.45, 2.75) is 12.8 Å². The Morgan fingerprint density at radius 2 is 2.21 bits per heavy atom. The smallest absolute Gasteiger partial charge is 0.309 e. The van der Waals surface area contributed by atoms with Gasteiger partial charge in [-0.15, -0.1) is 0 Å². The molecule has 0 bridgehead atoms. The molecule has 1 aliphatic heterocycles. The lowest BCUT2D eigenvalue weighted by atomic mass is 10.0. The Kier molecular flexibility index (Phi) is 2.20. The lowest BCUT2D eigenvalue weighted by Crippen LogP contribution is -2.24. The standard InChI is InChI=1S/C9H9ClO3S/c1-6-5-14(11,12)13-9-3-2-7(10)4-8(6)9/h2-4,6H,5H2,1H3. The van der Waals surface area contributed by atoms with E-state index in [-0.39, 0.29) is 11.7 Å². The van der Waals surface area contributed by atoms with Gasteiger partial charge in [0, 0.05) is 16.5 Å². The van der Waals surface area contributed by atoms with Gasteiger partial charge in [-0.05, 0) is 18.2 Å². The topological polar surface area (TPSA) is 43.4 Å². The predicted molar refractivity (Wildman–Crippen MR) is 54.3 cm³/mol. The van der Waals surface area contributed by atoms with Gasteiger partial charge in [-0.2, -0.15) is 8.42 Å². The lowest BCUT2D eigenvalue weighted by Gasteiger charge is -2.22. The van der Waals surface area contributed by atoms with Crippen molar-refractivity contribution in [1.82, 2.24) is 0 Å². The number of benzene rings is 1. The molecule has 0 N–H and O–H groups in total. The van der Waals surface area contributed by atoms with E-state index in [0.29, 0.717) is 10.8 Å². The van der Waals surface area contributed by atoms with Crippen molar-refractivity contribution < 1.29 is 12.6 Å². The second-order valence-electron chi connectivity index (χ2n) is 3.39. The molecule has 3 nitrogen and oxygen atoms in total. The van der Waals surface area contributed by atoms with Crippen molar-refractivity contribution in [3.63, 3.8) is 0 Å². The molecular formula is C9H9ClO3S. The minimum absolute atomic E-state index is 0.0142. The quantitative estimate of drug-likeness (QED) is 0.644. The maximum Gasteiger partial charge on any atom is 0.309 e. The SMILES string of the molecule is CC1CS(=O)(=O)Oc2ccc(Cl)cc21. The number of halogens is 1. The number of fused-ring (bicyclic) bond motifs is 1. The molecule has 1 unspecified atom stereocenters. The molecule has 0 radical (unpaired) electrons. The van der Waals surface area contributed by atoms with E-state index in [2.05, 4.69) is 0 Å². The van der Waals surface area contributed by atoms with E-state index in [4.69, 9.17) is 15.8 Å². The van der Waals surface area contributed by atoms with Crippen LogP contribution in [0.5, 0.6) is 5.75 Å². The minimum Gasteiger partial charge on any atom is -0.382 e. The van der Waals surface area contributed by atoms with Crippen LogP contribution in [0, 0.1) is 0 Å². The van der Waals surface area contributed by atoms with Crippen LogP contribution in [0.1, 0.15) is 18.4 Å². The Morgan fingerprint density at radius 1 is 1.50 bits per heavy atom. The first kappa shape index (κ1) is 9.80. The normalized spacial score (nSPS) is 23.7. The summed E-state index contributed by atoms with van der Waals surface area (Å²) < 4.78 is 27.4. The van der Waals surface area contributed by atoms with Crippen LogP contribution in [0.2, 0.25) is 5.02 Å². The first-order valence-electron chi connectivity index (χ1n) is 4.19. The molecular weight excluding hydrogens is 224 g/mol. The average Bonchev–Trinajstić information content (AvgIpc) is 2.05. The molecule has 0 fully saturated rings. The molecule has 0 aromatic heterocycles. The summed E-state index contributed by atoms with van der Waals surface area (Å²) >= 11 is 5.81. The van der Waals surface area contributed by atoms with Crippen molar-refractivity contribution in [3.05, 3.63) is 28.8 Å². The predicted octanol–water partition coefficient (Wildman–Crippen LogP) is 2.17. The van der Waals surface area contributed by atoms with E-state index < -0.39 is 10.1 Å². The third-order valence-corrected chi connectivity index (χ3v) is 3.75. The summed E-state index contributed by atoms with van der Waals surface area (Å²) in [5.41, 5.74) is 0.854. The van der Waals surface area contributed by atoms with Gasteiger partial charge in [-0.3, -0.25) is 0 Å². The fraction of sp³-hybridized carbons (Fsp3) is 0.333. The van der Waals surface area contributed by atoms with Crippen LogP contribution in [0.3, 0.4) is 0 Å². The Bertz CT molecular complexity index is 467. The maximum atomic E-state index is 11.3. The Hall–Kier alpha value is -0.740. The van der Waals surface area contributed by atoms with E-state index >= 15 is 0 Å². The third kappa shape index (κ3) is 1.72. The van der Waals surface area contributed by atoms with Crippen LogP contribution in [-0.2, 0) is 10.1 Å². The second-order valence-corrected chi connectivity index (χ2v) is 5.44. The fourth-order valence-corrected chi connectivity index (χ4v) is 3.01. The summed E-state index contributed by atoms with van der Waals surface area (Å²) in [5, 5.41) is 0.596. The molecule has 0 saturated heterocycles. The highest BCUT2D eigenvalue weighted by molar-refractivity contribution is 7.87. The molecule has 0 aliphatic carbocycles. The average molecular weight is 233 g/mol. The highest BCUT2D eigenvalue weighted by Crippen LogP contribution is 2.35. The summed E-state index contributed by atoms with van der Waals surface area (Å²) in [6.07, 6.45) is 0. The summed E-state index contributed by atoms with van der Waals surface area (Å²) in [6, 6.07) is 4.95. The Labute approximate surface area is 87.8 Å². The Morgan fingerprint density at radius 3 is 2.93 bits per heavy atom. The molecule has 1 atom stereocenters. The van der Waals surface area contributed by atoms with Gasteiger partial charge in [0.15, 0.2) is 0 Å².